The van der Waals surface area contributed by atoms with Crippen molar-refractivity contribution in [2.45, 2.75) is 61.0 Å². The Morgan fingerprint density at radius 3 is 1.37 bits per heavy atom. The van der Waals surface area contributed by atoms with Gasteiger partial charge in [0, 0.05) is 22.3 Å². The molecule has 1 aliphatic carbocycles. The lowest BCUT2D eigenvalue weighted by Gasteiger charge is -2.37. The van der Waals surface area contributed by atoms with Gasteiger partial charge in [-0.1, -0.05) is 41.0 Å². The second-order valence-electron chi connectivity index (χ2n) is 10.0. The molecule has 10 atom stereocenters. The number of nitrogens with zero attached hydrogens (tertiary/aromatic N) is 1. The van der Waals surface area contributed by atoms with Crippen LogP contribution in [0.2, 0.25) is 0 Å². The van der Waals surface area contributed by atoms with Gasteiger partial charge in [0.15, 0.2) is 0 Å². The van der Waals surface area contributed by atoms with Crippen LogP contribution in [0.1, 0.15) is 22.3 Å². The minimum atomic E-state index is -1.54. The molecule has 2 aromatic carbocycles. The van der Waals surface area contributed by atoms with Crippen LogP contribution < -0.4 is 0 Å². The van der Waals surface area contributed by atoms with Crippen LogP contribution in [0, 0.1) is 23.7 Å². The third-order valence-corrected chi connectivity index (χ3v) is 7.44. The zero-order valence-electron chi connectivity index (χ0n) is 21.4. The highest BCUT2D eigenvalue weighted by Gasteiger charge is 2.43. The Morgan fingerprint density at radius 2 is 1.00 bits per heavy atom. The molecule has 0 saturated carbocycles. The first-order valence-electron chi connectivity index (χ1n) is 12.8. The van der Waals surface area contributed by atoms with Crippen LogP contribution in [0.15, 0.2) is 41.6 Å². The SMILES string of the molecule is OC[C@@H]1O[C@H](C#Cc2ccc3c(c2)C(=NO)c2cc(C#C[C@H]4O[C@H](CO)[C@@H](O)[C@H](O)[C@@H]4O)ccc2-3)[C@@H](O)[C@@H](O)[C@@H]1O. The van der Waals surface area contributed by atoms with Gasteiger partial charge in [-0.15, -0.1) is 0 Å². The van der Waals surface area contributed by atoms with Gasteiger partial charge in [-0.05, 0) is 35.4 Å². The molecule has 12 heteroatoms. The summed E-state index contributed by atoms with van der Waals surface area (Å²) in [5, 5.41) is 92.4. The van der Waals surface area contributed by atoms with Gasteiger partial charge in [0.05, 0.1) is 13.2 Å². The van der Waals surface area contributed by atoms with Crippen LogP contribution in [0.4, 0.5) is 0 Å². The van der Waals surface area contributed by atoms with Crippen LogP contribution in [0.5, 0.6) is 0 Å². The molecule has 2 aliphatic heterocycles. The third kappa shape index (κ3) is 5.35. The standard InChI is InChI=1S/C29H29NO11/c31-11-21-26(35)28(37)24(33)19(40-21)7-3-13-1-5-15-16-6-2-14(10-18(16)23(30-39)17(15)9-13)4-8-20-25(34)29(38)27(36)22(12-32)41-20/h1-2,5-6,9-10,19-22,24-29,31-39H,11-12H2/t19-,20-,21-,22+,24-,25-,26-,27-,28-,29-/m1/s1. The molecule has 41 heavy (non-hydrogen) atoms. The summed E-state index contributed by atoms with van der Waals surface area (Å²) in [5.41, 5.74) is 3.89. The molecule has 0 radical (unpaired) electrons. The van der Waals surface area contributed by atoms with E-state index in [1.54, 1.807) is 36.4 Å². The van der Waals surface area contributed by atoms with Crippen molar-refractivity contribution in [2.75, 3.05) is 13.2 Å². The maximum Gasteiger partial charge on any atom is 0.147 e. The highest BCUT2D eigenvalue weighted by Crippen LogP contribution is 2.38. The number of aliphatic hydroxyl groups excluding tert-OH is 8. The molecule has 0 spiro atoms. The molecule has 0 amide bonds. The Labute approximate surface area is 234 Å². The van der Waals surface area contributed by atoms with E-state index < -0.39 is 74.3 Å². The van der Waals surface area contributed by atoms with Gasteiger partial charge < -0.3 is 55.5 Å². The predicted octanol–water partition coefficient (Wildman–Crippen LogP) is -2.72. The second kappa shape index (κ2) is 11.9. The van der Waals surface area contributed by atoms with E-state index in [2.05, 4.69) is 28.8 Å². The first-order chi connectivity index (χ1) is 19.7. The second-order valence-corrected chi connectivity index (χ2v) is 10.0. The number of aliphatic hydroxyl groups is 8. The van der Waals surface area contributed by atoms with Gasteiger partial charge in [0.2, 0.25) is 0 Å². The summed E-state index contributed by atoms with van der Waals surface area (Å²) in [6.45, 7) is -1.13. The number of fused-ring (bicyclic) bond motifs is 3. The van der Waals surface area contributed by atoms with Crippen LogP contribution in [0.25, 0.3) is 11.1 Å². The number of hydrogen-bond donors (Lipinski definition) is 9. The van der Waals surface area contributed by atoms with Crippen molar-refractivity contribution >= 4 is 5.71 Å². The smallest absolute Gasteiger partial charge is 0.147 e. The molecule has 0 aromatic heterocycles. The minimum Gasteiger partial charge on any atom is -0.410 e. The van der Waals surface area contributed by atoms with Crippen molar-refractivity contribution in [1.82, 2.24) is 0 Å². The maximum atomic E-state index is 10.2. The highest BCUT2D eigenvalue weighted by atomic mass is 16.5. The summed E-state index contributed by atoms with van der Waals surface area (Å²) in [4.78, 5) is 0. The van der Waals surface area contributed by atoms with E-state index in [0.29, 0.717) is 22.3 Å². The molecule has 2 saturated heterocycles. The monoisotopic (exact) mass is 567 g/mol. The Balaban J connectivity index is 1.38. The number of oxime groups is 1. The molecular weight excluding hydrogens is 538 g/mol. The topological polar surface area (TPSA) is 213 Å². The van der Waals surface area contributed by atoms with E-state index in [4.69, 9.17) is 9.47 Å². The fraction of sp³-hybridized carbons (Fsp3) is 0.414. The average molecular weight is 568 g/mol. The molecule has 2 fully saturated rings. The first-order valence-corrected chi connectivity index (χ1v) is 12.8. The van der Waals surface area contributed by atoms with Crippen molar-refractivity contribution in [3.63, 3.8) is 0 Å². The molecule has 12 nitrogen and oxygen atoms in total. The number of ether oxygens (including phenoxy) is 2. The first kappa shape index (κ1) is 29.1. The predicted molar refractivity (Wildman–Crippen MR) is 141 cm³/mol. The van der Waals surface area contributed by atoms with E-state index in [1.807, 2.05) is 0 Å². The number of hydrogen-bond acceptors (Lipinski definition) is 12. The van der Waals surface area contributed by atoms with Crippen molar-refractivity contribution in [3.8, 4) is 34.8 Å². The summed E-state index contributed by atoms with van der Waals surface area (Å²) in [6, 6.07) is 10.4. The van der Waals surface area contributed by atoms with Crippen LogP contribution in [-0.4, -0.2) is 126 Å². The van der Waals surface area contributed by atoms with Crippen LogP contribution in [0.3, 0.4) is 0 Å². The molecule has 2 heterocycles. The Hall–Kier alpha value is -3.37. The minimum absolute atomic E-state index is 0.253. The van der Waals surface area contributed by atoms with Crippen molar-refractivity contribution < 1.29 is 55.5 Å². The highest BCUT2D eigenvalue weighted by molar-refractivity contribution is 6.24. The lowest BCUT2D eigenvalue weighted by atomic mass is 9.95. The lowest BCUT2D eigenvalue weighted by molar-refractivity contribution is -0.214. The molecule has 0 bridgehead atoms. The zero-order valence-corrected chi connectivity index (χ0v) is 21.4. The number of benzene rings is 2. The van der Waals surface area contributed by atoms with Crippen molar-refractivity contribution in [1.29, 1.82) is 0 Å². The van der Waals surface area contributed by atoms with Gasteiger partial charge >= 0.3 is 0 Å². The van der Waals surface area contributed by atoms with E-state index in [0.717, 1.165) is 11.1 Å². The van der Waals surface area contributed by atoms with Gasteiger partial charge in [0.25, 0.3) is 0 Å². The van der Waals surface area contributed by atoms with Crippen LogP contribution >= 0.6 is 0 Å². The van der Waals surface area contributed by atoms with E-state index >= 15 is 0 Å². The van der Waals surface area contributed by atoms with Crippen molar-refractivity contribution in [3.05, 3.63) is 58.7 Å². The molecule has 9 N–H and O–H groups in total. The quantitative estimate of drug-likeness (QED) is 0.0882. The fourth-order valence-corrected chi connectivity index (χ4v) is 5.11. The summed E-state index contributed by atoms with van der Waals surface area (Å²) in [7, 11) is 0. The summed E-state index contributed by atoms with van der Waals surface area (Å²) in [5.74, 6) is 11.1. The molecule has 2 aromatic rings. The molecule has 5 rings (SSSR count). The van der Waals surface area contributed by atoms with Gasteiger partial charge in [0.1, 0.15) is 66.8 Å². The Morgan fingerprint density at radius 1 is 0.585 bits per heavy atom. The summed E-state index contributed by atoms with van der Waals surface area (Å²) >= 11 is 0. The summed E-state index contributed by atoms with van der Waals surface area (Å²) < 4.78 is 10.8. The fourth-order valence-electron chi connectivity index (χ4n) is 5.11. The van der Waals surface area contributed by atoms with E-state index in [1.165, 1.54) is 0 Å². The van der Waals surface area contributed by atoms with E-state index in [9.17, 15) is 46.1 Å². The van der Waals surface area contributed by atoms with Crippen LogP contribution in [-0.2, 0) is 9.47 Å². The maximum absolute atomic E-state index is 10.2. The molecule has 216 valence electrons. The van der Waals surface area contributed by atoms with Gasteiger partial charge in [-0.3, -0.25) is 0 Å². The zero-order chi connectivity index (χ0) is 29.4. The Bertz CT molecular complexity index is 1340. The van der Waals surface area contributed by atoms with Gasteiger partial charge in [-0.25, -0.2) is 0 Å². The third-order valence-electron chi connectivity index (χ3n) is 7.44. The Kier molecular flexibility index (Phi) is 8.42. The molecule has 0 unspecified atom stereocenters. The summed E-state index contributed by atoms with van der Waals surface area (Å²) in [6.07, 6.45) is -13.5. The lowest BCUT2D eigenvalue weighted by Crippen LogP contribution is -2.58. The normalized spacial score (nSPS) is 35.1. The average Bonchev–Trinajstić information content (AvgIpc) is 3.30. The molecular formula is C29H29NO11. The molecule has 3 aliphatic rings. The largest absolute Gasteiger partial charge is 0.410 e. The number of rotatable bonds is 2. The van der Waals surface area contributed by atoms with Gasteiger partial charge in [-0.2, -0.15) is 0 Å². The van der Waals surface area contributed by atoms with Crippen molar-refractivity contribution in [2.24, 2.45) is 5.16 Å². The van der Waals surface area contributed by atoms with E-state index in [-0.39, 0.29) is 5.71 Å².